The summed E-state index contributed by atoms with van der Waals surface area (Å²) in [5.74, 6) is 2.34. The number of aliphatic imine (C=N–C) groups is 1. The number of guanidine groups is 1. The number of benzene rings is 1. The second-order valence-corrected chi connectivity index (χ2v) is 8.13. The van der Waals surface area contributed by atoms with Crippen molar-refractivity contribution in [3.63, 3.8) is 0 Å². The first-order valence-electron chi connectivity index (χ1n) is 9.42. The Labute approximate surface area is 192 Å². The largest absolute Gasteiger partial charge is 0.454 e. The van der Waals surface area contributed by atoms with Crippen LogP contribution < -0.4 is 20.1 Å². The van der Waals surface area contributed by atoms with Gasteiger partial charge in [0.25, 0.3) is 0 Å². The molecule has 0 atom stereocenters. The molecule has 28 heavy (non-hydrogen) atoms. The monoisotopic (exact) mass is 568 g/mol. The summed E-state index contributed by atoms with van der Waals surface area (Å²) in [4.78, 5) is 7.19. The molecule has 2 aliphatic heterocycles. The van der Waals surface area contributed by atoms with E-state index in [1.54, 1.807) is 0 Å². The molecule has 7 nitrogen and oxygen atoms in total. The van der Waals surface area contributed by atoms with Gasteiger partial charge < -0.3 is 24.8 Å². The summed E-state index contributed by atoms with van der Waals surface area (Å²) in [6, 6.07) is 4.01. The van der Waals surface area contributed by atoms with Crippen molar-refractivity contribution in [2.75, 3.05) is 46.2 Å². The average molecular weight is 569 g/mol. The lowest BCUT2D eigenvalue weighted by Gasteiger charge is -2.41. The molecule has 1 aromatic carbocycles. The van der Waals surface area contributed by atoms with E-state index in [1.165, 1.54) is 0 Å². The predicted octanol–water partition coefficient (Wildman–Crippen LogP) is 2.96. The zero-order chi connectivity index (χ0) is 19.3. The summed E-state index contributed by atoms with van der Waals surface area (Å²) in [6.45, 7) is 12.6. The maximum atomic E-state index is 5.49. The lowest BCUT2D eigenvalue weighted by molar-refractivity contribution is -0.00834. The highest BCUT2D eigenvalue weighted by Gasteiger charge is 2.28. The molecule has 0 bridgehead atoms. The average Bonchev–Trinajstić information content (AvgIpc) is 3.14. The SMILES string of the molecule is CCNC(=NCc1cc(Br)c2c(c1)OCO2)NCC(C)(C)N1CCOCC1.I. The van der Waals surface area contributed by atoms with Crippen molar-refractivity contribution in [3.05, 3.63) is 22.2 Å². The van der Waals surface area contributed by atoms with Crippen LogP contribution in [0.15, 0.2) is 21.6 Å². The summed E-state index contributed by atoms with van der Waals surface area (Å²) >= 11 is 3.54. The van der Waals surface area contributed by atoms with Gasteiger partial charge in [0.05, 0.1) is 24.2 Å². The number of nitrogens with one attached hydrogen (secondary N) is 2. The molecule has 1 aromatic rings. The van der Waals surface area contributed by atoms with Gasteiger partial charge >= 0.3 is 0 Å². The van der Waals surface area contributed by atoms with E-state index in [4.69, 9.17) is 19.2 Å². The van der Waals surface area contributed by atoms with Crippen LogP contribution in [-0.4, -0.2) is 62.6 Å². The van der Waals surface area contributed by atoms with Crippen molar-refractivity contribution < 1.29 is 14.2 Å². The molecule has 1 saturated heterocycles. The van der Waals surface area contributed by atoms with Gasteiger partial charge in [-0.1, -0.05) is 0 Å². The van der Waals surface area contributed by atoms with Crippen molar-refractivity contribution in [1.82, 2.24) is 15.5 Å². The molecule has 0 radical (unpaired) electrons. The van der Waals surface area contributed by atoms with Crippen LogP contribution in [-0.2, 0) is 11.3 Å². The molecule has 0 spiro atoms. The lowest BCUT2D eigenvalue weighted by Crippen LogP contribution is -2.56. The van der Waals surface area contributed by atoms with Crippen LogP contribution in [0, 0.1) is 0 Å². The predicted molar refractivity (Wildman–Crippen MR) is 125 cm³/mol. The Morgan fingerprint density at radius 1 is 1.21 bits per heavy atom. The van der Waals surface area contributed by atoms with Crippen LogP contribution in [0.25, 0.3) is 0 Å². The van der Waals surface area contributed by atoms with Crippen LogP contribution in [0.4, 0.5) is 0 Å². The van der Waals surface area contributed by atoms with Crippen LogP contribution in [0.5, 0.6) is 11.5 Å². The Kier molecular flexibility index (Phi) is 9.10. The summed E-state index contributed by atoms with van der Waals surface area (Å²) in [5.41, 5.74) is 1.10. The Morgan fingerprint density at radius 3 is 2.68 bits per heavy atom. The van der Waals surface area contributed by atoms with Crippen LogP contribution >= 0.6 is 39.9 Å². The van der Waals surface area contributed by atoms with Gasteiger partial charge in [-0.05, 0) is 54.4 Å². The summed E-state index contributed by atoms with van der Waals surface area (Å²) in [6.07, 6.45) is 0. The topological polar surface area (TPSA) is 67.4 Å². The minimum atomic E-state index is 0. The van der Waals surface area contributed by atoms with E-state index in [-0.39, 0.29) is 36.3 Å². The van der Waals surface area contributed by atoms with E-state index in [2.05, 4.69) is 52.2 Å². The molecule has 0 amide bonds. The minimum absolute atomic E-state index is 0. The molecule has 0 aliphatic carbocycles. The summed E-state index contributed by atoms with van der Waals surface area (Å²) in [5, 5.41) is 6.81. The van der Waals surface area contributed by atoms with Gasteiger partial charge in [-0.2, -0.15) is 0 Å². The maximum absolute atomic E-state index is 5.49. The minimum Gasteiger partial charge on any atom is -0.454 e. The van der Waals surface area contributed by atoms with Gasteiger partial charge in [-0.25, -0.2) is 4.99 Å². The fourth-order valence-corrected chi connectivity index (χ4v) is 3.81. The zero-order valence-corrected chi connectivity index (χ0v) is 20.6. The number of hydrogen-bond acceptors (Lipinski definition) is 5. The van der Waals surface area contributed by atoms with Gasteiger partial charge in [-0.3, -0.25) is 4.90 Å². The number of fused-ring (bicyclic) bond motifs is 1. The second-order valence-electron chi connectivity index (χ2n) is 7.27. The second kappa shape index (κ2) is 10.8. The summed E-state index contributed by atoms with van der Waals surface area (Å²) < 4.78 is 17.3. The molecule has 2 N–H and O–H groups in total. The van der Waals surface area contributed by atoms with Crippen molar-refractivity contribution >= 4 is 45.9 Å². The third kappa shape index (κ3) is 6.11. The van der Waals surface area contributed by atoms with E-state index in [0.717, 1.165) is 66.9 Å². The van der Waals surface area contributed by atoms with E-state index in [9.17, 15) is 0 Å². The smallest absolute Gasteiger partial charge is 0.231 e. The highest BCUT2D eigenvalue weighted by molar-refractivity contribution is 14.0. The van der Waals surface area contributed by atoms with E-state index in [1.807, 2.05) is 12.1 Å². The van der Waals surface area contributed by atoms with Crippen molar-refractivity contribution in [1.29, 1.82) is 0 Å². The van der Waals surface area contributed by atoms with E-state index < -0.39 is 0 Å². The number of hydrogen-bond donors (Lipinski definition) is 2. The Bertz CT molecular complexity index is 681. The van der Waals surface area contributed by atoms with Gasteiger partial charge in [0.1, 0.15) is 0 Å². The standard InChI is InChI=1S/C19H29BrN4O3.HI/c1-4-21-18(23-12-19(2,3)24-5-7-25-8-6-24)22-11-14-9-15(20)17-16(10-14)26-13-27-17;/h9-10H,4-8,11-13H2,1-3H3,(H2,21,22,23);1H. The highest BCUT2D eigenvalue weighted by atomic mass is 127. The van der Waals surface area contributed by atoms with Gasteiger partial charge in [-0.15, -0.1) is 24.0 Å². The maximum Gasteiger partial charge on any atom is 0.231 e. The van der Waals surface area contributed by atoms with Gasteiger partial charge in [0.2, 0.25) is 6.79 Å². The molecular weight excluding hydrogens is 539 g/mol. The first-order chi connectivity index (χ1) is 13.0. The number of morpholine rings is 1. The Balaban J connectivity index is 0.00000280. The number of nitrogens with zero attached hydrogens (tertiary/aromatic N) is 2. The first kappa shape index (κ1) is 23.5. The molecule has 0 saturated carbocycles. The third-order valence-corrected chi connectivity index (χ3v) is 5.40. The molecule has 2 heterocycles. The lowest BCUT2D eigenvalue weighted by atomic mass is 10.0. The zero-order valence-electron chi connectivity index (χ0n) is 16.7. The number of ether oxygens (including phenoxy) is 3. The van der Waals surface area contributed by atoms with Gasteiger partial charge in [0, 0.05) is 31.7 Å². The fraction of sp³-hybridized carbons (Fsp3) is 0.632. The first-order valence-corrected chi connectivity index (χ1v) is 10.2. The quantitative estimate of drug-likeness (QED) is 0.312. The molecule has 0 aromatic heterocycles. The van der Waals surface area contributed by atoms with Crippen LogP contribution in [0.2, 0.25) is 0 Å². The molecule has 1 fully saturated rings. The fourth-order valence-electron chi connectivity index (χ4n) is 3.20. The van der Waals surface area contributed by atoms with Crippen molar-refractivity contribution in [2.45, 2.75) is 32.9 Å². The Hall–Kier alpha value is -0.780. The van der Waals surface area contributed by atoms with Gasteiger partial charge in [0.15, 0.2) is 17.5 Å². The third-order valence-electron chi connectivity index (χ3n) is 4.81. The molecular formula is C19H30BrIN4O3. The summed E-state index contributed by atoms with van der Waals surface area (Å²) in [7, 11) is 0. The molecule has 3 rings (SSSR count). The molecule has 158 valence electrons. The normalized spacial score (nSPS) is 17.2. The number of halogens is 2. The van der Waals surface area contributed by atoms with E-state index >= 15 is 0 Å². The van der Waals surface area contributed by atoms with Crippen LogP contribution in [0.3, 0.4) is 0 Å². The molecule has 2 aliphatic rings. The van der Waals surface area contributed by atoms with E-state index in [0.29, 0.717) is 6.54 Å². The van der Waals surface area contributed by atoms with Crippen molar-refractivity contribution in [2.24, 2.45) is 4.99 Å². The Morgan fingerprint density at radius 2 is 1.96 bits per heavy atom. The molecule has 0 unspecified atom stereocenters. The molecule has 9 heteroatoms. The van der Waals surface area contributed by atoms with Crippen molar-refractivity contribution in [3.8, 4) is 11.5 Å². The highest BCUT2D eigenvalue weighted by Crippen LogP contribution is 2.40. The number of rotatable bonds is 6. The van der Waals surface area contributed by atoms with Crippen LogP contribution in [0.1, 0.15) is 26.3 Å².